The van der Waals surface area contributed by atoms with Crippen molar-refractivity contribution in [3.63, 3.8) is 0 Å². The van der Waals surface area contributed by atoms with Crippen LogP contribution in [0.3, 0.4) is 0 Å². The van der Waals surface area contributed by atoms with Crippen LogP contribution in [0.5, 0.6) is 0 Å². The SMILES string of the molecule is CCCN(Cc1occc1C(=O)OC)S(=O)(=O)c1ccc(Cl)cc1. The number of furan rings is 1. The maximum atomic E-state index is 12.8. The van der Waals surface area contributed by atoms with Gasteiger partial charge in [0.15, 0.2) is 0 Å². The number of halogens is 1. The number of benzene rings is 1. The van der Waals surface area contributed by atoms with E-state index >= 15 is 0 Å². The van der Waals surface area contributed by atoms with Crippen LogP contribution < -0.4 is 0 Å². The minimum absolute atomic E-state index is 0.0593. The average molecular weight is 372 g/mol. The fourth-order valence-electron chi connectivity index (χ4n) is 2.20. The first-order valence-corrected chi connectivity index (χ1v) is 9.12. The minimum Gasteiger partial charge on any atom is -0.467 e. The van der Waals surface area contributed by atoms with Crippen molar-refractivity contribution < 1.29 is 22.4 Å². The molecule has 0 spiro atoms. The topological polar surface area (TPSA) is 76.8 Å². The van der Waals surface area contributed by atoms with Gasteiger partial charge in [0, 0.05) is 11.6 Å². The Labute approximate surface area is 146 Å². The minimum atomic E-state index is -3.74. The van der Waals surface area contributed by atoms with Crippen LogP contribution in [0.15, 0.2) is 45.9 Å². The molecule has 0 aliphatic heterocycles. The molecule has 0 aliphatic rings. The third-order valence-electron chi connectivity index (χ3n) is 3.40. The summed E-state index contributed by atoms with van der Waals surface area (Å²) in [4.78, 5) is 11.9. The van der Waals surface area contributed by atoms with Gasteiger partial charge in [-0.1, -0.05) is 18.5 Å². The molecule has 0 atom stereocenters. The van der Waals surface area contributed by atoms with E-state index in [2.05, 4.69) is 4.74 Å². The molecule has 0 aliphatic carbocycles. The summed E-state index contributed by atoms with van der Waals surface area (Å²) in [5, 5.41) is 0.454. The standard InChI is InChI=1S/C16H18ClNO5S/c1-3-9-18(11-15-14(8-10-23-15)16(19)22-2)24(20,21)13-6-4-12(17)5-7-13/h4-8,10H,3,9,11H2,1-2H3. The number of ether oxygens (including phenoxy) is 1. The molecule has 0 saturated carbocycles. The summed E-state index contributed by atoms with van der Waals surface area (Å²) in [6.07, 6.45) is 1.95. The van der Waals surface area contributed by atoms with Crippen molar-refractivity contribution in [1.82, 2.24) is 4.31 Å². The van der Waals surface area contributed by atoms with Gasteiger partial charge in [0.1, 0.15) is 11.3 Å². The zero-order valence-corrected chi connectivity index (χ0v) is 14.9. The predicted octanol–water partition coefficient (Wildman–Crippen LogP) is 3.32. The molecule has 0 saturated heterocycles. The van der Waals surface area contributed by atoms with E-state index in [4.69, 9.17) is 16.0 Å². The molecule has 0 amide bonds. The van der Waals surface area contributed by atoms with Crippen LogP contribution in [0.25, 0.3) is 0 Å². The molecule has 1 aromatic heterocycles. The van der Waals surface area contributed by atoms with Crippen molar-refractivity contribution in [3.8, 4) is 0 Å². The third-order valence-corrected chi connectivity index (χ3v) is 5.51. The van der Waals surface area contributed by atoms with Crippen LogP contribution in [0, 0.1) is 0 Å². The smallest absolute Gasteiger partial charge is 0.341 e. The maximum absolute atomic E-state index is 12.8. The van der Waals surface area contributed by atoms with Gasteiger partial charge in [-0.3, -0.25) is 0 Å². The fraction of sp³-hybridized carbons (Fsp3) is 0.312. The molecule has 2 aromatic rings. The molecule has 130 valence electrons. The van der Waals surface area contributed by atoms with E-state index in [0.717, 1.165) is 0 Å². The first-order valence-electron chi connectivity index (χ1n) is 7.30. The summed E-state index contributed by atoms with van der Waals surface area (Å²) in [6, 6.07) is 7.39. The second-order valence-electron chi connectivity index (χ2n) is 5.04. The molecule has 2 rings (SSSR count). The van der Waals surface area contributed by atoms with Crippen LogP contribution in [0.2, 0.25) is 5.02 Å². The Morgan fingerprint density at radius 3 is 2.50 bits per heavy atom. The highest BCUT2D eigenvalue weighted by atomic mass is 35.5. The van der Waals surface area contributed by atoms with E-state index in [1.165, 1.54) is 48.0 Å². The molecule has 1 aromatic carbocycles. The number of carbonyl (C=O) groups excluding carboxylic acids is 1. The van der Waals surface area contributed by atoms with Crippen LogP contribution in [0.1, 0.15) is 29.5 Å². The average Bonchev–Trinajstić information content (AvgIpc) is 3.02. The van der Waals surface area contributed by atoms with E-state index in [9.17, 15) is 13.2 Å². The summed E-state index contributed by atoms with van der Waals surface area (Å²) >= 11 is 5.81. The van der Waals surface area contributed by atoms with Gasteiger partial charge in [-0.05, 0) is 36.8 Å². The first-order chi connectivity index (χ1) is 11.4. The predicted molar refractivity (Wildman–Crippen MR) is 89.4 cm³/mol. The van der Waals surface area contributed by atoms with E-state index in [-0.39, 0.29) is 29.3 Å². The van der Waals surface area contributed by atoms with Gasteiger partial charge >= 0.3 is 5.97 Å². The molecule has 0 unspecified atom stereocenters. The van der Waals surface area contributed by atoms with Gasteiger partial charge in [0.05, 0.1) is 24.8 Å². The summed E-state index contributed by atoms with van der Waals surface area (Å²) in [7, 11) is -2.49. The van der Waals surface area contributed by atoms with Crippen molar-refractivity contribution in [1.29, 1.82) is 0 Å². The molecule has 8 heteroatoms. The maximum Gasteiger partial charge on any atom is 0.341 e. The highest BCUT2D eigenvalue weighted by Gasteiger charge is 2.27. The van der Waals surface area contributed by atoms with Crippen LogP contribution in [-0.4, -0.2) is 32.3 Å². The molecule has 0 bridgehead atoms. The number of methoxy groups -OCH3 is 1. The summed E-state index contributed by atoms with van der Waals surface area (Å²) in [5.74, 6) is -0.327. The molecule has 24 heavy (non-hydrogen) atoms. The number of hydrogen-bond acceptors (Lipinski definition) is 5. The Morgan fingerprint density at radius 2 is 1.92 bits per heavy atom. The Kier molecular flexibility index (Phi) is 6.04. The lowest BCUT2D eigenvalue weighted by Crippen LogP contribution is -2.31. The van der Waals surface area contributed by atoms with Crippen molar-refractivity contribution in [3.05, 3.63) is 52.9 Å². The van der Waals surface area contributed by atoms with E-state index < -0.39 is 16.0 Å². The fourth-order valence-corrected chi connectivity index (χ4v) is 3.82. The normalized spacial score (nSPS) is 11.7. The Balaban J connectivity index is 2.34. The molecule has 0 radical (unpaired) electrons. The van der Waals surface area contributed by atoms with Crippen LogP contribution >= 0.6 is 11.6 Å². The molecule has 0 fully saturated rings. The van der Waals surface area contributed by atoms with E-state index in [1.54, 1.807) is 0 Å². The van der Waals surface area contributed by atoms with Crippen LogP contribution in [0.4, 0.5) is 0 Å². The number of sulfonamides is 1. The lowest BCUT2D eigenvalue weighted by Gasteiger charge is -2.21. The Bertz CT molecular complexity index is 798. The summed E-state index contributed by atoms with van der Waals surface area (Å²) in [5.41, 5.74) is 0.213. The van der Waals surface area contributed by atoms with Gasteiger partial charge in [-0.2, -0.15) is 4.31 Å². The molecule has 0 N–H and O–H groups in total. The summed E-state index contributed by atoms with van der Waals surface area (Å²) < 4.78 is 36.9. The largest absolute Gasteiger partial charge is 0.467 e. The van der Waals surface area contributed by atoms with Gasteiger partial charge in [-0.15, -0.1) is 0 Å². The second-order valence-corrected chi connectivity index (χ2v) is 7.42. The third kappa shape index (κ3) is 3.98. The molecule has 6 nitrogen and oxygen atoms in total. The van der Waals surface area contributed by atoms with Crippen LogP contribution in [-0.2, 0) is 21.3 Å². The van der Waals surface area contributed by atoms with Crippen molar-refractivity contribution >= 4 is 27.6 Å². The second kappa shape index (κ2) is 7.83. The zero-order chi connectivity index (χ0) is 17.7. The molecule has 1 heterocycles. The number of hydrogen-bond donors (Lipinski definition) is 0. The lowest BCUT2D eigenvalue weighted by molar-refractivity contribution is 0.0597. The van der Waals surface area contributed by atoms with Crippen molar-refractivity contribution in [2.24, 2.45) is 0 Å². The van der Waals surface area contributed by atoms with E-state index in [0.29, 0.717) is 11.4 Å². The van der Waals surface area contributed by atoms with Gasteiger partial charge in [0.2, 0.25) is 10.0 Å². The van der Waals surface area contributed by atoms with E-state index in [1.807, 2.05) is 6.92 Å². The Morgan fingerprint density at radius 1 is 1.25 bits per heavy atom. The number of carbonyl (C=O) groups is 1. The lowest BCUT2D eigenvalue weighted by atomic mass is 10.2. The highest BCUT2D eigenvalue weighted by Crippen LogP contribution is 2.22. The number of nitrogens with zero attached hydrogens (tertiary/aromatic N) is 1. The highest BCUT2D eigenvalue weighted by molar-refractivity contribution is 7.89. The number of rotatable bonds is 7. The molecular weight excluding hydrogens is 354 g/mol. The van der Waals surface area contributed by atoms with Crippen molar-refractivity contribution in [2.75, 3.05) is 13.7 Å². The monoisotopic (exact) mass is 371 g/mol. The summed E-state index contributed by atoms with van der Waals surface area (Å²) in [6.45, 7) is 2.09. The first kappa shape index (κ1) is 18.5. The van der Waals surface area contributed by atoms with Crippen molar-refractivity contribution in [2.45, 2.75) is 24.8 Å². The van der Waals surface area contributed by atoms with Gasteiger partial charge in [-0.25, -0.2) is 13.2 Å². The number of esters is 1. The molecular formula is C16H18ClNO5S. The van der Waals surface area contributed by atoms with Gasteiger partial charge < -0.3 is 9.15 Å². The quantitative estimate of drug-likeness (QED) is 0.698. The van der Waals surface area contributed by atoms with Gasteiger partial charge in [0.25, 0.3) is 0 Å². The zero-order valence-electron chi connectivity index (χ0n) is 13.4. The Hall–Kier alpha value is -1.83.